The van der Waals surface area contributed by atoms with Gasteiger partial charge in [0.1, 0.15) is 0 Å². The molecule has 1 aromatic heterocycles. The van der Waals surface area contributed by atoms with Crippen molar-refractivity contribution in [3.63, 3.8) is 0 Å². The van der Waals surface area contributed by atoms with Gasteiger partial charge in [-0.05, 0) is 31.5 Å². The molecule has 1 aromatic carbocycles. The van der Waals surface area contributed by atoms with Crippen LogP contribution in [-0.2, 0) is 6.54 Å². The molecular formula is C20H27N5O. The number of benzene rings is 1. The molecule has 6 heteroatoms. The minimum absolute atomic E-state index is 0.133. The van der Waals surface area contributed by atoms with Gasteiger partial charge in [-0.15, -0.1) is 0 Å². The molecule has 138 valence electrons. The van der Waals surface area contributed by atoms with Crippen molar-refractivity contribution in [2.24, 2.45) is 4.99 Å². The number of aromatic nitrogens is 1. The molecule has 0 atom stereocenters. The zero-order chi connectivity index (χ0) is 18.8. The van der Waals surface area contributed by atoms with Crippen molar-refractivity contribution in [1.82, 2.24) is 20.5 Å². The van der Waals surface area contributed by atoms with E-state index in [4.69, 9.17) is 0 Å². The van der Waals surface area contributed by atoms with Crippen molar-refractivity contribution in [2.45, 2.75) is 20.4 Å². The van der Waals surface area contributed by atoms with Crippen molar-refractivity contribution in [3.05, 3.63) is 65.5 Å². The molecule has 1 amide bonds. The SMILES string of the molecule is CCNC(=NCCNC(=O)c1cccnc1)N(C)Cc1ccc(C)cc1. The number of nitrogens with one attached hydrogen (secondary N) is 2. The van der Waals surface area contributed by atoms with Gasteiger partial charge in [0.15, 0.2) is 5.96 Å². The van der Waals surface area contributed by atoms with Gasteiger partial charge < -0.3 is 15.5 Å². The highest BCUT2D eigenvalue weighted by Crippen LogP contribution is 2.06. The normalized spacial score (nSPS) is 11.1. The summed E-state index contributed by atoms with van der Waals surface area (Å²) in [6.07, 6.45) is 3.20. The molecular weight excluding hydrogens is 326 g/mol. The van der Waals surface area contributed by atoms with E-state index in [0.29, 0.717) is 18.7 Å². The summed E-state index contributed by atoms with van der Waals surface area (Å²) in [6, 6.07) is 12.0. The zero-order valence-electron chi connectivity index (χ0n) is 15.7. The van der Waals surface area contributed by atoms with Crippen LogP contribution in [0.5, 0.6) is 0 Å². The summed E-state index contributed by atoms with van der Waals surface area (Å²) >= 11 is 0. The minimum Gasteiger partial charge on any atom is -0.357 e. The Labute approximate surface area is 155 Å². The van der Waals surface area contributed by atoms with Crippen LogP contribution in [0.25, 0.3) is 0 Å². The van der Waals surface area contributed by atoms with E-state index in [1.165, 1.54) is 11.1 Å². The standard InChI is InChI=1S/C20H27N5O/c1-4-22-20(25(3)15-17-9-7-16(2)8-10-17)24-13-12-23-19(26)18-6-5-11-21-14-18/h5-11,14H,4,12-13,15H2,1-3H3,(H,22,24)(H,23,26). The molecule has 0 spiro atoms. The Balaban J connectivity index is 1.87. The fraction of sp³-hybridized carbons (Fsp3) is 0.350. The molecule has 0 aliphatic rings. The van der Waals surface area contributed by atoms with Crippen molar-refractivity contribution < 1.29 is 4.79 Å². The van der Waals surface area contributed by atoms with E-state index >= 15 is 0 Å². The molecule has 0 unspecified atom stereocenters. The average Bonchev–Trinajstić information content (AvgIpc) is 2.66. The van der Waals surface area contributed by atoms with Crippen LogP contribution in [0.2, 0.25) is 0 Å². The highest BCUT2D eigenvalue weighted by molar-refractivity contribution is 5.93. The van der Waals surface area contributed by atoms with Crippen LogP contribution in [0.3, 0.4) is 0 Å². The molecule has 6 nitrogen and oxygen atoms in total. The molecule has 0 saturated carbocycles. The molecule has 26 heavy (non-hydrogen) atoms. The number of carbonyl (C=O) groups excluding carboxylic acids is 1. The van der Waals surface area contributed by atoms with Gasteiger partial charge in [0.05, 0.1) is 12.1 Å². The lowest BCUT2D eigenvalue weighted by molar-refractivity contribution is 0.0954. The Morgan fingerprint density at radius 1 is 1.19 bits per heavy atom. The fourth-order valence-electron chi connectivity index (χ4n) is 2.44. The fourth-order valence-corrected chi connectivity index (χ4v) is 2.44. The van der Waals surface area contributed by atoms with Crippen molar-refractivity contribution in [2.75, 3.05) is 26.7 Å². The quantitative estimate of drug-likeness (QED) is 0.455. The minimum atomic E-state index is -0.133. The third kappa shape index (κ3) is 6.20. The van der Waals surface area contributed by atoms with Crippen LogP contribution < -0.4 is 10.6 Å². The van der Waals surface area contributed by atoms with E-state index < -0.39 is 0 Å². The monoisotopic (exact) mass is 353 g/mol. The van der Waals surface area contributed by atoms with Crippen molar-refractivity contribution in [3.8, 4) is 0 Å². The first-order valence-corrected chi connectivity index (χ1v) is 8.83. The van der Waals surface area contributed by atoms with Gasteiger partial charge in [-0.3, -0.25) is 14.8 Å². The molecule has 0 aliphatic carbocycles. The maximum absolute atomic E-state index is 12.0. The Kier molecular flexibility index (Phi) is 7.61. The van der Waals surface area contributed by atoms with Gasteiger partial charge in [0, 0.05) is 39.1 Å². The van der Waals surface area contributed by atoms with Crippen molar-refractivity contribution >= 4 is 11.9 Å². The van der Waals surface area contributed by atoms with Crippen LogP contribution in [0, 0.1) is 6.92 Å². The first kappa shape index (κ1) is 19.4. The number of rotatable bonds is 7. The number of amides is 1. The maximum Gasteiger partial charge on any atom is 0.252 e. The Bertz CT molecular complexity index is 713. The predicted molar refractivity (Wildman–Crippen MR) is 105 cm³/mol. The van der Waals surface area contributed by atoms with E-state index in [2.05, 4.69) is 56.7 Å². The summed E-state index contributed by atoms with van der Waals surface area (Å²) in [7, 11) is 2.01. The molecule has 0 aliphatic heterocycles. The number of carbonyl (C=O) groups is 1. The summed E-state index contributed by atoms with van der Waals surface area (Å²) in [6.45, 7) is 6.67. The number of aliphatic imine (C=N–C) groups is 1. The molecule has 2 aromatic rings. The molecule has 0 fully saturated rings. The van der Waals surface area contributed by atoms with E-state index in [9.17, 15) is 4.79 Å². The highest BCUT2D eigenvalue weighted by Gasteiger charge is 2.07. The predicted octanol–water partition coefficient (Wildman–Crippen LogP) is 2.22. The van der Waals surface area contributed by atoms with Crippen LogP contribution in [-0.4, -0.2) is 48.4 Å². The third-order valence-corrected chi connectivity index (χ3v) is 3.82. The summed E-state index contributed by atoms with van der Waals surface area (Å²) in [5.41, 5.74) is 3.04. The topological polar surface area (TPSA) is 69.6 Å². The van der Waals surface area contributed by atoms with Crippen LogP contribution in [0.4, 0.5) is 0 Å². The van der Waals surface area contributed by atoms with E-state index in [-0.39, 0.29) is 5.91 Å². The lowest BCUT2D eigenvalue weighted by Crippen LogP contribution is -2.39. The number of guanidine groups is 1. The largest absolute Gasteiger partial charge is 0.357 e. The third-order valence-electron chi connectivity index (χ3n) is 3.82. The molecule has 2 rings (SSSR count). The van der Waals surface area contributed by atoms with Crippen LogP contribution in [0.1, 0.15) is 28.4 Å². The van der Waals surface area contributed by atoms with Gasteiger partial charge in [-0.1, -0.05) is 29.8 Å². The second-order valence-corrected chi connectivity index (χ2v) is 6.07. The summed E-state index contributed by atoms with van der Waals surface area (Å²) in [5, 5.41) is 6.15. The second-order valence-electron chi connectivity index (χ2n) is 6.07. The molecule has 2 N–H and O–H groups in total. The smallest absolute Gasteiger partial charge is 0.252 e. The van der Waals surface area contributed by atoms with E-state index in [1.54, 1.807) is 24.5 Å². The first-order valence-electron chi connectivity index (χ1n) is 8.83. The summed E-state index contributed by atoms with van der Waals surface area (Å²) < 4.78 is 0. The first-order chi connectivity index (χ1) is 12.6. The lowest BCUT2D eigenvalue weighted by atomic mass is 10.1. The summed E-state index contributed by atoms with van der Waals surface area (Å²) in [5.74, 6) is 0.690. The summed E-state index contributed by atoms with van der Waals surface area (Å²) in [4.78, 5) is 22.6. The van der Waals surface area contributed by atoms with E-state index in [1.807, 2.05) is 14.0 Å². The molecule has 1 heterocycles. The van der Waals surface area contributed by atoms with Gasteiger partial charge in [-0.25, -0.2) is 0 Å². The number of aryl methyl sites for hydroxylation is 1. The Morgan fingerprint density at radius 3 is 2.62 bits per heavy atom. The van der Waals surface area contributed by atoms with E-state index in [0.717, 1.165) is 19.0 Å². The molecule has 0 bridgehead atoms. The number of pyridine rings is 1. The lowest BCUT2D eigenvalue weighted by Gasteiger charge is -2.22. The highest BCUT2D eigenvalue weighted by atomic mass is 16.1. The zero-order valence-corrected chi connectivity index (χ0v) is 15.7. The Morgan fingerprint density at radius 2 is 1.96 bits per heavy atom. The maximum atomic E-state index is 12.0. The van der Waals surface area contributed by atoms with Gasteiger partial charge in [-0.2, -0.15) is 0 Å². The van der Waals surface area contributed by atoms with Crippen LogP contribution >= 0.6 is 0 Å². The van der Waals surface area contributed by atoms with Gasteiger partial charge in [0.25, 0.3) is 5.91 Å². The number of hydrogen-bond acceptors (Lipinski definition) is 3. The molecule has 0 saturated heterocycles. The molecule has 0 radical (unpaired) electrons. The van der Waals surface area contributed by atoms with Crippen LogP contribution in [0.15, 0.2) is 53.8 Å². The second kappa shape index (κ2) is 10.2. The van der Waals surface area contributed by atoms with Gasteiger partial charge >= 0.3 is 0 Å². The van der Waals surface area contributed by atoms with Crippen molar-refractivity contribution in [1.29, 1.82) is 0 Å². The van der Waals surface area contributed by atoms with Gasteiger partial charge in [0.2, 0.25) is 0 Å². The number of nitrogens with zero attached hydrogens (tertiary/aromatic N) is 3. The average molecular weight is 353 g/mol. The number of hydrogen-bond donors (Lipinski definition) is 2. The Hall–Kier alpha value is -2.89.